The van der Waals surface area contributed by atoms with Gasteiger partial charge in [-0.1, -0.05) is 12.1 Å². The van der Waals surface area contributed by atoms with E-state index in [4.69, 9.17) is 10.8 Å². The first-order valence-electron chi connectivity index (χ1n) is 3.97. The van der Waals surface area contributed by atoms with E-state index >= 15 is 0 Å². The van der Waals surface area contributed by atoms with Crippen LogP contribution in [0, 0.1) is 0 Å². The van der Waals surface area contributed by atoms with Crippen LogP contribution in [0.1, 0.15) is 0 Å². The Morgan fingerprint density at radius 2 is 2.21 bits per heavy atom. The van der Waals surface area contributed by atoms with E-state index in [1.165, 1.54) is 11.8 Å². The van der Waals surface area contributed by atoms with Crippen molar-refractivity contribution in [2.75, 3.05) is 5.75 Å². The van der Waals surface area contributed by atoms with Crippen LogP contribution in [0.15, 0.2) is 33.6 Å². The van der Waals surface area contributed by atoms with Crippen molar-refractivity contribution >= 4 is 33.7 Å². The average Bonchev–Trinajstić information content (AvgIpc) is 2.16. The number of aliphatic carboxylic acids is 1. The molecule has 1 rings (SSSR count). The molecule has 76 valence electrons. The Bertz CT molecular complexity index is 332. The predicted octanol–water partition coefficient (Wildman–Crippen LogP) is 1.95. The fraction of sp³-hybridized carbons (Fsp3) is 0.222. The van der Waals surface area contributed by atoms with Crippen molar-refractivity contribution in [3.63, 3.8) is 0 Å². The summed E-state index contributed by atoms with van der Waals surface area (Å²) >= 11 is 4.81. The van der Waals surface area contributed by atoms with E-state index in [0.717, 1.165) is 9.37 Å². The maximum absolute atomic E-state index is 10.5. The van der Waals surface area contributed by atoms with Gasteiger partial charge in [0.25, 0.3) is 0 Å². The van der Waals surface area contributed by atoms with Crippen molar-refractivity contribution in [1.82, 2.24) is 0 Å². The maximum atomic E-state index is 10.5. The number of nitrogens with two attached hydrogens (primary N) is 1. The molecule has 3 nitrogen and oxygen atoms in total. The van der Waals surface area contributed by atoms with Crippen molar-refractivity contribution in [3.05, 3.63) is 28.7 Å². The van der Waals surface area contributed by atoms with E-state index in [-0.39, 0.29) is 0 Å². The highest BCUT2D eigenvalue weighted by Gasteiger charge is 2.12. The lowest BCUT2D eigenvalue weighted by molar-refractivity contribution is -0.137. The maximum Gasteiger partial charge on any atom is 0.321 e. The van der Waals surface area contributed by atoms with Gasteiger partial charge in [-0.15, -0.1) is 11.8 Å². The number of halogens is 1. The Morgan fingerprint density at radius 1 is 1.57 bits per heavy atom. The van der Waals surface area contributed by atoms with Gasteiger partial charge in [-0.3, -0.25) is 4.79 Å². The lowest BCUT2D eigenvalue weighted by Crippen LogP contribution is -2.32. The molecule has 0 aliphatic carbocycles. The van der Waals surface area contributed by atoms with Gasteiger partial charge in [0.1, 0.15) is 6.04 Å². The molecule has 0 amide bonds. The van der Waals surface area contributed by atoms with E-state index in [9.17, 15) is 4.79 Å². The summed E-state index contributed by atoms with van der Waals surface area (Å²) in [6, 6.07) is 6.83. The molecule has 0 radical (unpaired) electrons. The summed E-state index contributed by atoms with van der Waals surface area (Å²) in [6.45, 7) is 0. The summed E-state index contributed by atoms with van der Waals surface area (Å²) in [4.78, 5) is 11.5. The number of carbonyl (C=O) groups is 1. The third-order valence-electron chi connectivity index (χ3n) is 1.57. The summed E-state index contributed by atoms with van der Waals surface area (Å²) in [6.07, 6.45) is 0. The van der Waals surface area contributed by atoms with E-state index in [1.54, 1.807) is 0 Å². The molecule has 0 saturated heterocycles. The summed E-state index contributed by atoms with van der Waals surface area (Å²) in [5.74, 6) is -0.595. The van der Waals surface area contributed by atoms with Crippen LogP contribution in [0.3, 0.4) is 0 Å². The Hall–Kier alpha value is -0.520. The Labute approximate surface area is 94.8 Å². The van der Waals surface area contributed by atoms with Crippen molar-refractivity contribution in [1.29, 1.82) is 0 Å². The van der Waals surface area contributed by atoms with Crippen LogP contribution < -0.4 is 5.73 Å². The molecule has 0 aliphatic heterocycles. The van der Waals surface area contributed by atoms with Crippen LogP contribution in [0.25, 0.3) is 0 Å². The van der Waals surface area contributed by atoms with E-state index in [0.29, 0.717) is 5.75 Å². The molecule has 0 bridgehead atoms. The highest BCUT2D eigenvalue weighted by molar-refractivity contribution is 9.10. The molecular formula is C9H10BrNO2S. The fourth-order valence-electron chi connectivity index (χ4n) is 0.813. The fourth-order valence-corrected chi connectivity index (χ4v) is 2.32. The minimum Gasteiger partial charge on any atom is -0.480 e. The zero-order valence-corrected chi connectivity index (χ0v) is 9.72. The van der Waals surface area contributed by atoms with E-state index < -0.39 is 12.0 Å². The quantitative estimate of drug-likeness (QED) is 0.825. The van der Waals surface area contributed by atoms with Crippen molar-refractivity contribution < 1.29 is 9.90 Å². The number of thioether (sulfide) groups is 1. The van der Waals surface area contributed by atoms with Crippen LogP contribution in [-0.2, 0) is 4.79 Å². The minimum atomic E-state index is -0.968. The van der Waals surface area contributed by atoms with Crippen LogP contribution in [0.2, 0.25) is 0 Å². The Balaban J connectivity index is 2.54. The van der Waals surface area contributed by atoms with Gasteiger partial charge < -0.3 is 10.8 Å². The minimum absolute atomic E-state index is 0.373. The largest absolute Gasteiger partial charge is 0.480 e. The van der Waals surface area contributed by atoms with Crippen molar-refractivity contribution in [2.45, 2.75) is 10.9 Å². The molecule has 0 unspecified atom stereocenters. The van der Waals surface area contributed by atoms with Gasteiger partial charge in [0.05, 0.1) is 0 Å². The third-order valence-corrected chi connectivity index (χ3v) is 3.72. The zero-order valence-electron chi connectivity index (χ0n) is 7.31. The molecule has 5 heteroatoms. The third kappa shape index (κ3) is 3.32. The number of hydrogen-bond acceptors (Lipinski definition) is 3. The number of carboxylic acid groups (broad SMARTS) is 1. The standard InChI is InChI=1S/C9H10BrNO2S/c10-6-3-1-2-4-8(6)14-5-7(11)9(12)13/h1-4,7H,5,11H2,(H,12,13)/t7-/m0/s1. The van der Waals surface area contributed by atoms with Crippen LogP contribution in [0.4, 0.5) is 0 Å². The molecule has 0 heterocycles. The Morgan fingerprint density at radius 3 is 2.79 bits per heavy atom. The summed E-state index contributed by atoms with van der Waals surface area (Å²) in [5, 5.41) is 8.58. The van der Waals surface area contributed by atoms with Gasteiger partial charge >= 0.3 is 5.97 Å². The lowest BCUT2D eigenvalue weighted by atomic mass is 10.4. The topological polar surface area (TPSA) is 63.3 Å². The monoisotopic (exact) mass is 275 g/mol. The van der Waals surface area contributed by atoms with Crippen LogP contribution in [0.5, 0.6) is 0 Å². The molecule has 0 spiro atoms. The molecular weight excluding hydrogens is 266 g/mol. The van der Waals surface area contributed by atoms with Gasteiger partial charge in [0.15, 0.2) is 0 Å². The zero-order chi connectivity index (χ0) is 10.6. The van der Waals surface area contributed by atoms with Gasteiger partial charge in [-0.2, -0.15) is 0 Å². The molecule has 1 aromatic rings. The summed E-state index contributed by atoms with van der Waals surface area (Å²) in [5.41, 5.74) is 5.38. The number of carboxylic acids is 1. The highest BCUT2D eigenvalue weighted by atomic mass is 79.9. The predicted molar refractivity (Wildman–Crippen MR) is 60.5 cm³/mol. The van der Waals surface area contributed by atoms with Gasteiger partial charge in [-0.25, -0.2) is 0 Å². The summed E-state index contributed by atoms with van der Waals surface area (Å²) < 4.78 is 0.961. The van der Waals surface area contributed by atoms with E-state index in [2.05, 4.69) is 15.9 Å². The molecule has 1 atom stereocenters. The SMILES string of the molecule is N[C@@H](CSc1ccccc1Br)C(=O)O. The Kier molecular flexibility index (Phi) is 4.44. The highest BCUT2D eigenvalue weighted by Crippen LogP contribution is 2.27. The van der Waals surface area contributed by atoms with E-state index in [1.807, 2.05) is 24.3 Å². The van der Waals surface area contributed by atoms with Crippen LogP contribution >= 0.6 is 27.7 Å². The van der Waals surface area contributed by atoms with Crippen molar-refractivity contribution in [3.8, 4) is 0 Å². The van der Waals surface area contributed by atoms with Crippen LogP contribution in [-0.4, -0.2) is 22.9 Å². The first kappa shape index (κ1) is 11.6. The molecule has 0 aliphatic rings. The lowest BCUT2D eigenvalue weighted by Gasteiger charge is -2.06. The number of rotatable bonds is 4. The molecule has 0 saturated carbocycles. The molecule has 3 N–H and O–H groups in total. The smallest absolute Gasteiger partial charge is 0.321 e. The molecule has 1 aromatic carbocycles. The van der Waals surface area contributed by atoms with Gasteiger partial charge in [0, 0.05) is 15.1 Å². The summed E-state index contributed by atoms with van der Waals surface area (Å²) in [7, 11) is 0. The van der Waals surface area contributed by atoms with Crippen molar-refractivity contribution in [2.24, 2.45) is 5.73 Å². The second-order valence-corrected chi connectivity index (χ2v) is 4.60. The first-order chi connectivity index (χ1) is 6.61. The second-order valence-electron chi connectivity index (χ2n) is 2.69. The molecule has 0 fully saturated rings. The molecule has 14 heavy (non-hydrogen) atoms. The van der Waals surface area contributed by atoms with Gasteiger partial charge in [-0.05, 0) is 28.1 Å². The normalized spacial score (nSPS) is 12.4. The second kappa shape index (κ2) is 5.38. The first-order valence-corrected chi connectivity index (χ1v) is 5.75. The van der Waals surface area contributed by atoms with Gasteiger partial charge in [0.2, 0.25) is 0 Å². The average molecular weight is 276 g/mol. The molecule has 0 aromatic heterocycles. The number of benzene rings is 1. The number of hydrogen-bond donors (Lipinski definition) is 2.